The molecule has 5 aliphatic heterocycles. The van der Waals surface area contributed by atoms with Gasteiger partial charge in [0.2, 0.25) is 17.8 Å². The van der Waals surface area contributed by atoms with Crippen molar-refractivity contribution in [1.29, 1.82) is 0 Å². The van der Waals surface area contributed by atoms with Gasteiger partial charge in [0.1, 0.15) is 0 Å². The van der Waals surface area contributed by atoms with E-state index in [1.165, 1.54) is 0 Å². The maximum Gasteiger partial charge on any atom is 0.232 e. The summed E-state index contributed by atoms with van der Waals surface area (Å²) >= 11 is 0. The molecule has 0 aromatic carbocycles. The standard InChI is InChI=1S/C85H167N13O7/c1-29-37-46-89(68-58-76(9,10)94(101-53-32-4)77(11,12)59-68)73-86-74(90(69-60-78(13,14)95(102-54-33-5)79(15,16)61-69)47-42-38-40-44-49-92(99-51-30-2)71-64-82(21,22)97(104-56-35-7)83(23,24)65-71)88-75(87-73)91(70-62-80(17,18)96(103-55-34-6)81(19,20)63-70)48-43-39-41-45-50-93(100-52-31-3)72-66-84(25,26)98(105-57-36-8)85(27,28)67-72/h68-72H,29-67H2,1-28H3. The first kappa shape index (κ1) is 91.7. The van der Waals surface area contributed by atoms with E-state index in [0.29, 0.717) is 31.9 Å². The Hall–Kier alpha value is -2.15. The van der Waals surface area contributed by atoms with E-state index in [-0.39, 0.29) is 73.5 Å². The lowest BCUT2D eigenvalue weighted by molar-refractivity contribution is -0.305. The van der Waals surface area contributed by atoms with E-state index in [2.05, 4.69) is 244 Å². The molecule has 0 atom stereocenters. The van der Waals surface area contributed by atoms with E-state index in [0.717, 1.165) is 250 Å². The number of hydrogen-bond donors (Lipinski definition) is 0. The summed E-state index contributed by atoms with van der Waals surface area (Å²) in [5.74, 6) is 2.43. The molecule has 0 N–H and O–H groups in total. The summed E-state index contributed by atoms with van der Waals surface area (Å²) in [6, 6.07) is 1.00. The smallest absolute Gasteiger partial charge is 0.232 e. The van der Waals surface area contributed by atoms with Crippen LogP contribution in [-0.4, -0.2) is 215 Å². The molecule has 5 fully saturated rings. The van der Waals surface area contributed by atoms with Gasteiger partial charge in [-0.15, -0.1) is 0 Å². The van der Waals surface area contributed by atoms with Gasteiger partial charge in [0.05, 0.1) is 46.2 Å². The van der Waals surface area contributed by atoms with Crippen LogP contribution in [0.25, 0.3) is 0 Å². The van der Waals surface area contributed by atoms with Crippen LogP contribution in [0.4, 0.5) is 17.8 Å². The van der Waals surface area contributed by atoms with Gasteiger partial charge in [-0.05, 0) is 280 Å². The van der Waals surface area contributed by atoms with Crippen LogP contribution in [0.2, 0.25) is 0 Å². The molecular weight excluding hydrogens is 1320 g/mol. The fourth-order valence-electron chi connectivity index (χ4n) is 20.1. The highest BCUT2D eigenvalue weighted by molar-refractivity contribution is 5.49. The fraction of sp³-hybridized carbons (Fsp3) is 0.965. The monoisotopic (exact) mass is 1480 g/mol. The lowest BCUT2D eigenvalue weighted by Gasteiger charge is -2.56. The average molecular weight is 1480 g/mol. The molecule has 0 unspecified atom stereocenters. The Morgan fingerprint density at radius 1 is 0.248 bits per heavy atom. The molecule has 1 aromatic rings. The first-order chi connectivity index (χ1) is 49.2. The van der Waals surface area contributed by atoms with Crippen LogP contribution in [0.15, 0.2) is 0 Å². The third-order valence-corrected chi connectivity index (χ3v) is 23.2. The van der Waals surface area contributed by atoms with E-state index >= 15 is 0 Å². The van der Waals surface area contributed by atoms with Gasteiger partial charge in [0.15, 0.2) is 0 Å². The number of aromatic nitrogens is 3. The summed E-state index contributed by atoms with van der Waals surface area (Å²) in [5.41, 5.74) is -2.13. The van der Waals surface area contributed by atoms with E-state index < -0.39 is 0 Å². The Labute approximate surface area is 645 Å². The van der Waals surface area contributed by atoms with E-state index in [4.69, 9.17) is 48.8 Å². The van der Waals surface area contributed by atoms with Crippen molar-refractivity contribution in [3.8, 4) is 0 Å². The highest BCUT2D eigenvalue weighted by Crippen LogP contribution is 2.48. The summed E-state index contributed by atoms with van der Waals surface area (Å²) in [4.78, 5) is 72.9. The average Bonchev–Trinajstić information content (AvgIpc) is 0.762. The minimum Gasteiger partial charge on any atom is -0.337 e. The number of rotatable bonds is 46. The minimum atomic E-state index is -0.274. The first-order valence-electron chi connectivity index (χ1n) is 43.2. The molecule has 0 saturated carbocycles. The van der Waals surface area contributed by atoms with Crippen molar-refractivity contribution in [3.05, 3.63) is 0 Å². The molecule has 614 valence electrons. The highest BCUT2D eigenvalue weighted by atomic mass is 16.7. The van der Waals surface area contributed by atoms with Gasteiger partial charge in [-0.3, -0.25) is 33.9 Å². The van der Waals surface area contributed by atoms with Gasteiger partial charge in [-0.2, -0.15) is 50.4 Å². The van der Waals surface area contributed by atoms with Crippen LogP contribution in [0.5, 0.6) is 0 Å². The lowest BCUT2D eigenvalue weighted by atomic mass is 9.78. The number of nitrogens with zero attached hydrogens (tertiary/aromatic N) is 13. The molecule has 0 amide bonds. The molecule has 6 rings (SSSR count). The van der Waals surface area contributed by atoms with Crippen LogP contribution in [0, 0.1) is 0 Å². The largest absolute Gasteiger partial charge is 0.337 e. The Balaban J connectivity index is 1.46. The van der Waals surface area contributed by atoms with Gasteiger partial charge >= 0.3 is 0 Å². The molecule has 5 aliphatic rings. The second-order valence-electron chi connectivity index (χ2n) is 39.0. The zero-order valence-corrected chi connectivity index (χ0v) is 73.6. The first-order valence-corrected chi connectivity index (χ1v) is 43.2. The van der Waals surface area contributed by atoms with Crippen molar-refractivity contribution in [2.75, 3.05) is 93.7 Å². The zero-order valence-electron chi connectivity index (χ0n) is 73.6. The quantitative estimate of drug-likeness (QED) is 0.0452. The van der Waals surface area contributed by atoms with Crippen LogP contribution in [0.1, 0.15) is 367 Å². The number of unbranched alkanes of at least 4 members (excludes halogenated alkanes) is 7. The van der Waals surface area contributed by atoms with Crippen LogP contribution in [-0.2, 0) is 33.9 Å². The topological polar surface area (TPSA) is 136 Å². The summed E-state index contributed by atoms with van der Waals surface area (Å²) in [6.07, 6.45) is 26.8. The maximum atomic E-state index is 6.80. The maximum absolute atomic E-state index is 6.80. The Morgan fingerprint density at radius 2 is 0.438 bits per heavy atom. The molecule has 20 heteroatoms. The van der Waals surface area contributed by atoms with Crippen molar-refractivity contribution >= 4 is 17.8 Å². The molecule has 5 saturated heterocycles. The number of anilines is 3. The third kappa shape index (κ3) is 24.9. The molecule has 0 radical (unpaired) electrons. The van der Waals surface area contributed by atoms with Gasteiger partial charge in [-0.25, -0.2) is 0 Å². The van der Waals surface area contributed by atoms with Gasteiger partial charge in [0, 0.05) is 118 Å². The van der Waals surface area contributed by atoms with Crippen molar-refractivity contribution in [1.82, 2.24) is 50.4 Å². The number of hydroxylamine groups is 14. The predicted molar refractivity (Wildman–Crippen MR) is 436 cm³/mol. The summed E-state index contributed by atoms with van der Waals surface area (Å²) in [5, 5.41) is 16.4. The highest BCUT2D eigenvalue weighted by Gasteiger charge is 2.54. The van der Waals surface area contributed by atoms with Crippen LogP contribution in [0.3, 0.4) is 0 Å². The minimum absolute atomic E-state index is 0.127. The van der Waals surface area contributed by atoms with Crippen molar-refractivity contribution < 1.29 is 33.9 Å². The third-order valence-electron chi connectivity index (χ3n) is 23.2. The van der Waals surface area contributed by atoms with Crippen molar-refractivity contribution in [3.63, 3.8) is 0 Å². The summed E-state index contributed by atoms with van der Waals surface area (Å²) in [6.45, 7) is 74.7. The SMILES string of the molecule is CCCCN(c1nc(N(CCCCCCN(OCCC)C2CC(C)(C)N(OCCC)C(C)(C)C2)C2CC(C)(C)N(OCCC)C(C)(C)C2)nc(N(CCCCCCN(OCCC)C2CC(C)(C)N(OCCC)C(C)(C)C2)C2CC(C)(C)N(OCCC)C(C)(C)C2)n1)C1CC(C)(C)N(OCCC)C(C)(C)C1. The van der Waals surface area contributed by atoms with Gasteiger partial charge in [-0.1, -0.05) is 87.5 Å². The Morgan fingerprint density at radius 3 is 0.638 bits per heavy atom. The summed E-state index contributed by atoms with van der Waals surface area (Å²) in [7, 11) is 0. The number of hydrogen-bond acceptors (Lipinski definition) is 20. The van der Waals surface area contributed by atoms with Crippen LogP contribution < -0.4 is 14.7 Å². The van der Waals surface area contributed by atoms with Crippen LogP contribution >= 0.6 is 0 Å². The normalized spacial score (nSPS) is 23.3. The zero-order chi connectivity index (χ0) is 78.0. The molecule has 20 nitrogen and oxygen atoms in total. The van der Waals surface area contributed by atoms with Crippen molar-refractivity contribution in [2.45, 2.75) is 453 Å². The van der Waals surface area contributed by atoms with E-state index in [1.54, 1.807) is 0 Å². The molecule has 1 aromatic heterocycles. The second-order valence-corrected chi connectivity index (χ2v) is 39.0. The van der Waals surface area contributed by atoms with Crippen molar-refractivity contribution in [2.24, 2.45) is 0 Å². The molecule has 6 heterocycles. The van der Waals surface area contributed by atoms with E-state index in [1.807, 2.05) is 0 Å². The van der Waals surface area contributed by atoms with Gasteiger partial charge < -0.3 is 14.7 Å². The van der Waals surface area contributed by atoms with E-state index in [9.17, 15) is 0 Å². The lowest BCUT2D eigenvalue weighted by Crippen LogP contribution is -2.65. The molecular formula is C85H167N13O7. The summed E-state index contributed by atoms with van der Waals surface area (Å²) < 4.78 is 0. The molecule has 0 aliphatic carbocycles. The Kier molecular flexibility index (Phi) is 35.0. The Bertz CT molecular complexity index is 2420. The second kappa shape index (κ2) is 40.0. The molecule has 105 heavy (non-hydrogen) atoms. The molecule has 0 spiro atoms. The molecule has 0 bridgehead atoms. The van der Waals surface area contributed by atoms with Gasteiger partial charge in [0.25, 0.3) is 0 Å². The fourth-order valence-corrected chi connectivity index (χ4v) is 20.1. The predicted octanol–water partition coefficient (Wildman–Crippen LogP) is 19.3. The number of piperidine rings is 5.